The van der Waals surface area contributed by atoms with Crippen LogP contribution in [0.1, 0.15) is 37.3 Å². The van der Waals surface area contributed by atoms with E-state index in [1.54, 1.807) is 13.2 Å². The lowest BCUT2D eigenvalue weighted by atomic mass is 9.93. The van der Waals surface area contributed by atoms with E-state index < -0.39 is 17.6 Å². The fourth-order valence-electron chi connectivity index (χ4n) is 5.24. The molecule has 0 spiro atoms. The monoisotopic (exact) mass is 585 g/mol. The number of hydrogen-bond acceptors (Lipinski definition) is 9. The van der Waals surface area contributed by atoms with Crippen LogP contribution < -0.4 is 11.1 Å². The predicted molar refractivity (Wildman–Crippen MR) is 147 cm³/mol. The number of methoxy groups -OCH3 is 1. The number of aromatic nitrogens is 5. The van der Waals surface area contributed by atoms with Crippen molar-refractivity contribution in [1.82, 2.24) is 24.7 Å². The highest BCUT2D eigenvalue weighted by molar-refractivity contribution is 5.98. The Labute approximate surface area is 236 Å². The molecule has 1 aliphatic carbocycles. The second-order valence-electron chi connectivity index (χ2n) is 10.1. The lowest BCUT2D eigenvalue weighted by Gasteiger charge is -2.28. The number of hydrogen-bond donors (Lipinski definition) is 2. The number of rotatable bonds is 8. The van der Waals surface area contributed by atoms with Crippen molar-refractivity contribution in [3.63, 3.8) is 0 Å². The Morgan fingerprint density at radius 2 is 1.88 bits per heavy atom. The van der Waals surface area contributed by atoms with E-state index >= 15 is 4.39 Å². The molecule has 0 amide bonds. The molecule has 1 saturated carbocycles. The maximum absolute atomic E-state index is 15.3. The summed E-state index contributed by atoms with van der Waals surface area (Å²) in [5.41, 5.74) is 6.97. The zero-order valence-corrected chi connectivity index (χ0v) is 22.5. The summed E-state index contributed by atoms with van der Waals surface area (Å²) in [5.74, 6) is -0.428. The van der Waals surface area contributed by atoms with Gasteiger partial charge in [-0.3, -0.25) is 0 Å². The van der Waals surface area contributed by atoms with E-state index in [0.29, 0.717) is 35.5 Å². The van der Waals surface area contributed by atoms with Gasteiger partial charge < -0.3 is 24.9 Å². The third-order valence-corrected chi connectivity index (χ3v) is 7.35. The van der Waals surface area contributed by atoms with Crippen molar-refractivity contribution in [2.45, 2.75) is 44.0 Å². The van der Waals surface area contributed by atoms with Gasteiger partial charge in [-0.15, -0.1) is 0 Å². The first-order chi connectivity index (χ1) is 20.2. The number of fused-ring (bicyclic) bond motifs is 2. The largest absolute Gasteiger partial charge is 0.423 e. The Morgan fingerprint density at radius 3 is 2.62 bits per heavy atom. The number of alkyl halides is 3. The topological polar surface area (TPSA) is 126 Å². The number of nitrogens with two attached hydrogens (primary N) is 1. The smallest absolute Gasteiger partial charge is 0.416 e. The van der Waals surface area contributed by atoms with Crippen LogP contribution in [0.25, 0.3) is 33.4 Å². The number of benzene rings is 2. The van der Waals surface area contributed by atoms with Gasteiger partial charge in [-0.05, 0) is 56.0 Å². The Kier molecular flexibility index (Phi) is 7.41. The molecule has 10 nitrogen and oxygen atoms in total. The summed E-state index contributed by atoms with van der Waals surface area (Å²) in [4.78, 5) is 12.6. The van der Waals surface area contributed by atoms with Gasteiger partial charge in [0.2, 0.25) is 0 Å². The van der Waals surface area contributed by atoms with Crippen molar-refractivity contribution in [1.29, 1.82) is 0 Å². The fraction of sp³-hybridized carbons (Fsp3) is 0.357. The molecule has 3 N–H and O–H groups in total. The first-order valence-corrected chi connectivity index (χ1v) is 13.3. The predicted octanol–water partition coefficient (Wildman–Crippen LogP) is 6.26. The highest BCUT2D eigenvalue weighted by atomic mass is 19.4. The van der Waals surface area contributed by atoms with Crippen LogP contribution in [0.15, 0.2) is 47.1 Å². The molecule has 42 heavy (non-hydrogen) atoms. The summed E-state index contributed by atoms with van der Waals surface area (Å²) >= 11 is 0. The maximum Gasteiger partial charge on any atom is 0.416 e. The van der Waals surface area contributed by atoms with Gasteiger partial charge in [-0.1, -0.05) is 6.07 Å². The quantitative estimate of drug-likeness (QED) is 0.160. The molecule has 0 atom stereocenters. The molecule has 1 fully saturated rings. The molecule has 6 rings (SSSR count). The van der Waals surface area contributed by atoms with Gasteiger partial charge in [-0.25, -0.2) is 19.0 Å². The van der Waals surface area contributed by atoms with E-state index in [-0.39, 0.29) is 40.8 Å². The molecule has 220 valence electrons. The average Bonchev–Trinajstić information content (AvgIpc) is 3.56. The van der Waals surface area contributed by atoms with E-state index in [0.717, 1.165) is 37.8 Å². The SMILES string of the molecule is COCCOC1CCC(n2nc(-c3ccc(Nc4nc5cc(C(F)(F)F)ccc5o4)c(F)c3)c3c(N)ncnc32)CC1. The van der Waals surface area contributed by atoms with Crippen molar-refractivity contribution >= 4 is 39.7 Å². The normalized spacial score (nSPS) is 17.7. The molecule has 14 heteroatoms. The number of nitrogen functional groups attached to an aromatic ring is 1. The number of nitrogens with one attached hydrogen (secondary N) is 1. The highest BCUT2D eigenvalue weighted by Crippen LogP contribution is 2.38. The van der Waals surface area contributed by atoms with Crippen molar-refractivity contribution in [2.75, 3.05) is 31.4 Å². The highest BCUT2D eigenvalue weighted by Gasteiger charge is 2.31. The Hall–Kier alpha value is -4.30. The number of oxazole rings is 1. The molecular formula is C28H27F4N7O3. The van der Waals surface area contributed by atoms with Crippen molar-refractivity contribution in [2.24, 2.45) is 0 Å². The molecule has 0 unspecified atom stereocenters. The van der Waals surface area contributed by atoms with Crippen molar-refractivity contribution in [3.05, 3.63) is 54.1 Å². The molecule has 0 saturated heterocycles. The molecular weight excluding hydrogens is 558 g/mol. The van der Waals surface area contributed by atoms with Gasteiger partial charge in [0.05, 0.1) is 42.0 Å². The summed E-state index contributed by atoms with van der Waals surface area (Å²) in [6, 6.07) is 7.25. The molecule has 1 aliphatic rings. The van der Waals surface area contributed by atoms with Gasteiger partial charge >= 0.3 is 6.18 Å². The van der Waals surface area contributed by atoms with E-state index in [1.165, 1.54) is 24.5 Å². The van der Waals surface area contributed by atoms with E-state index in [2.05, 4.69) is 20.3 Å². The Morgan fingerprint density at radius 1 is 1.07 bits per heavy atom. The third-order valence-electron chi connectivity index (χ3n) is 7.35. The minimum absolute atomic E-state index is 0.00703. The van der Waals surface area contributed by atoms with Crippen LogP contribution in [0.5, 0.6) is 0 Å². The minimum Gasteiger partial charge on any atom is -0.423 e. The summed E-state index contributed by atoms with van der Waals surface area (Å²) in [5, 5.41) is 8.04. The molecule has 0 bridgehead atoms. The number of anilines is 3. The minimum atomic E-state index is -4.52. The molecule has 3 aromatic heterocycles. The van der Waals surface area contributed by atoms with E-state index in [9.17, 15) is 13.2 Å². The van der Waals surface area contributed by atoms with Crippen LogP contribution in [-0.4, -0.2) is 51.2 Å². The number of halogens is 4. The second-order valence-corrected chi connectivity index (χ2v) is 10.1. The lowest BCUT2D eigenvalue weighted by molar-refractivity contribution is -0.137. The summed E-state index contributed by atoms with van der Waals surface area (Å²) in [7, 11) is 1.64. The molecule has 3 heterocycles. The summed E-state index contributed by atoms with van der Waals surface area (Å²) < 4.78 is 72.7. The van der Waals surface area contributed by atoms with Crippen LogP contribution in [0, 0.1) is 5.82 Å². The first-order valence-electron chi connectivity index (χ1n) is 13.3. The third kappa shape index (κ3) is 5.46. The molecule has 0 radical (unpaired) electrons. The molecule has 5 aromatic rings. The van der Waals surface area contributed by atoms with E-state index in [1.807, 2.05) is 4.68 Å². The summed E-state index contributed by atoms with van der Waals surface area (Å²) in [6.07, 6.45) is 0.367. The lowest BCUT2D eigenvalue weighted by Crippen LogP contribution is -2.25. The van der Waals surface area contributed by atoms with Crippen LogP contribution in [0.2, 0.25) is 0 Å². The van der Waals surface area contributed by atoms with Gasteiger partial charge in [-0.2, -0.15) is 23.3 Å². The van der Waals surface area contributed by atoms with E-state index in [4.69, 9.17) is 24.7 Å². The maximum atomic E-state index is 15.3. The van der Waals surface area contributed by atoms with Crippen LogP contribution in [0.4, 0.5) is 35.1 Å². The van der Waals surface area contributed by atoms with Crippen LogP contribution >= 0.6 is 0 Å². The Bertz CT molecular complexity index is 1730. The fourth-order valence-corrected chi connectivity index (χ4v) is 5.24. The molecule has 0 aliphatic heterocycles. The number of nitrogens with zero attached hydrogens (tertiary/aromatic N) is 5. The molecule has 2 aromatic carbocycles. The van der Waals surface area contributed by atoms with Crippen LogP contribution in [-0.2, 0) is 15.7 Å². The Balaban J connectivity index is 1.25. The van der Waals surface area contributed by atoms with Gasteiger partial charge in [0, 0.05) is 12.7 Å². The standard InChI is InChI=1S/C28H27F4N7O3/c1-40-10-11-41-18-6-4-17(5-7-18)39-26-23(25(33)34-14-35-26)24(38-39)15-2-8-20(19(29)12-15)36-27-37-21-13-16(28(30,31)32)3-9-22(21)42-27/h2-3,8-9,12-14,17-18H,4-7,10-11H2,1H3,(H,36,37)(H2,33,34,35). The van der Waals surface area contributed by atoms with Gasteiger partial charge in [0.1, 0.15) is 29.2 Å². The van der Waals surface area contributed by atoms with Gasteiger partial charge in [0.15, 0.2) is 11.2 Å². The zero-order chi connectivity index (χ0) is 29.4. The van der Waals surface area contributed by atoms with Gasteiger partial charge in [0.25, 0.3) is 6.01 Å². The van der Waals surface area contributed by atoms with Crippen LogP contribution in [0.3, 0.4) is 0 Å². The first kappa shape index (κ1) is 27.8. The van der Waals surface area contributed by atoms with Crippen molar-refractivity contribution < 1.29 is 31.5 Å². The number of ether oxygens (including phenoxy) is 2. The second kappa shape index (κ2) is 11.2. The zero-order valence-electron chi connectivity index (χ0n) is 22.5. The van der Waals surface area contributed by atoms with Crippen molar-refractivity contribution in [3.8, 4) is 11.3 Å². The average molecular weight is 586 g/mol. The summed E-state index contributed by atoms with van der Waals surface area (Å²) in [6.45, 7) is 1.10.